The number of aromatic nitrogens is 4. The van der Waals surface area contributed by atoms with Gasteiger partial charge in [0.25, 0.3) is 5.56 Å². The molecule has 0 radical (unpaired) electrons. The highest BCUT2D eigenvalue weighted by atomic mass is 16.5. The highest BCUT2D eigenvalue weighted by Crippen LogP contribution is 2.28. The van der Waals surface area contributed by atoms with Crippen LogP contribution in [0.15, 0.2) is 64.6 Å². The molecule has 4 rings (SSSR count). The van der Waals surface area contributed by atoms with Crippen molar-refractivity contribution in [2.75, 3.05) is 6.54 Å². The third-order valence-electron chi connectivity index (χ3n) is 5.14. The van der Waals surface area contributed by atoms with E-state index >= 15 is 0 Å². The highest BCUT2D eigenvalue weighted by Gasteiger charge is 2.36. The molecule has 3 heterocycles. The monoisotopic (exact) mass is 397 g/mol. The molecular formula is C20H23N5O4. The molecule has 1 aromatic carbocycles. The van der Waals surface area contributed by atoms with E-state index in [0.717, 1.165) is 11.4 Å². The number of hydrogen-bond donors (Lipinski definition) is 3. The maximum atomic E-state index is 12.0. The number of H-pyrrole nitrogens is 1. The van der Waals surface area contributed by atoms with Crippen LogP contribution < -0.4 is 16.6 Å². The van der Waals surface area contributed by atoms with Gasteiger partial charge in [-0.15, -0.1) is 0 Å². The zero-order chi connectivity index (χ0) is 20.4. The lowest BCUT2D eigenvalue weighted by Crippen LogP contribution is -2.37. The topological polar surface area (TPSA) is 114 Å². The summed E-state index contributed by atoms with van der Waals surface area (Å²) in [6.45, 7) is 0.363. The third-order valence-corrected chi connectivity index (χ3v) is 5.14. The number of ether oxygens (including phenoxy) is 1. The molecule has 1 fully saturated rings. The second-order valence-corrected chi connectivity index (χ2v) is 7.10. The van der Waals surface area contributed by atoms with Crippen molar-refractivity contribution in [3.8, 4) is 0 Å². The Kier molecular flexibility index (Phi) is 5.43. The second kappa shape index (κ2) is 8.16. The normalized spacial score (nSPS) is 22.6. The lowest BCUT2D eigenvalue weighted by molar-refractivity contribution is -0.0200. The van der Waals surface area contributed by atoms with Gasteiger partial charge in [-0.1, -0.05) is 30.3 Å². The SMILES string of the molecule is Cn1ccnc1C(NC[C@H]1O[C@@H](n2ccc(=O)[nH]c2=O)C[C@@H]1O)c1ccccc1. The number of nitrogens with zero attached hydrogens (tertiary/aromatic N) is 3. The van der Waals surface area contributed by atoms with Crippen LogP contribution in [0.3, 0.4) is 0 Å². The van der Waals surface area contributed by atoms with E-state index < -0.39 is 29.7 Å². The Labute approximate surface area is 166 Å². The summed E-state index contributed by atoms with van der Waals surface area (Å²) in [7, 11) is 1.93. The molecule has 3 aromatic rings. The van der Waals surface area contributed by atoms with Crippen molar-refractivity contribution < 1.29 is 9.84 Å². The molecule has 9 nitrogen and oxygen atoms in total. The quantitative estimate of drug-likeness (QED) is 0.551. The molecule has 1 aliphatic heterocycles. The summed E-state index contributed by atoms with van der Waals surface area (Å²) in [6, 6.07) is 11.0. The summed E-state index contributed by atoms with van der Waals surface area (Å²) in [6.07, 6.45) is 3.38. The maximum absolute atomic E-state index is 12.0. The van der Waals surface area contributed by atoms with Crippen molar-refractivity contribution in [2.45, 2.75) is 30.9 Å². The van der Waals surface area contributed by atoms with Crippen LogP contribution in [0, 0.1) is 0 Å². The summed E-state index contributed by atoms with van der Waals surface area (Å²) < 4.78 is 9.15. The fourth-order valence-corrected chi connectivity index (χ4v) is 3.62. The van der Waals surface area contributed by atoms with E-state index in [2.05, 4.69) is 15.3 Å². The Balaban J connectivity index is 1.50. The number of aryl methyl sites for hydroxylation is 1. The van der Waals surface area contributed by atoms with E-state index in [9.17, 15) is 14.7 Å². The largest absolute Gasteiger partial charge is 0.390 e. The van der Waals surface area contributed by atoms with Gasteiger partial charge in [0.05, 0.1) is 18.2 Å². The Morgan fingerprint density at radius 2 is 2.07 bits per heavy atom. The molecule has 0 amide bonds. The van der Waals surface area contributed by atoms with E-state index in [1.807, 2.05) is 48.1 Å². The number of rotatable bonds is 6. The Morgan fingerprint density at radius 3 is 2.76 bits per heavy atom. The standard InChI is InChI=1S/C20H23N5O4/c1-24-10-8-21-19(24)18(13-5-3-2-4-6-13)22-12-15-14(26)11-17(29-15)25-9-7-16(27)23-20(25)28/h2-10,14-15,17-18,22,26H,11-12H2,1H3,(H,23,27,28)/t14-,15+,17+,18?/m0/s1. The van der Waals surface area contributed by atoms with E-state index in [1.165, 1.54) is 16.8 Å². The van der Waals surface area contributed by atoms with Crippen LogP contribution in [0.25, 0.3) is 0 Å². The predicted octanol–water partition coefficient (Wildman–Crippen LogP) is 0.298. The first kappa shape index (κ1) is 19.3. The Morgan fingerprint density at radius 1 is 1.28 bits per heavy atom. The van der Waals surface area contributed by atoms with Crippen molar-refractivity contribution in [1.29, 1.82) is 0 Å². The molecular weight excluding hydrogens is 374 g/mol. The second-order valence-electron chi connectivity index (χ2n) is 7.10. The van der Waals surface area contributed by atoms with Gasteiger partial charge in [0.15, 0.2) is 0 Å². The van der Waals surface area contributed by atoms with Crippen LogP contribution in [-0.4, -0.2) is 43.0 Å². The first-order chi connectivity index (χ1) is 14.0. The zero-order valence-electron chi connectivity index (χ0n) is 15.9. The Hall–Kier alpha value is -3.01. The van der Waals surface area contributed by atoms with Crippen LogP contribution in [0.1, 0.15) is 30.1 Å². The van der Waals surface area contributed by atoms with Crippen LogP contribution >= 0.6 is 0 Å². The fraction of sp³-hybridized carbons (Fsp3) is 0.350. The summed E-state index contributed by atoms with van der Waals surface area (Å²) in [5.41, 5.74) is 0.0185. The average Bonchev–Trinajstić information content (AvgIpc) is 3.29. The lowest BCUT2D eigenvalue weighted by Gasteiger charge is -2.22. The van der Waals surface area contributed by atoms with Gasteiger partial charge in [-0.2, -0.15) is 0 Å². The van der Waals surface area contributed by atoms with Gasteiger partial charge < -0.3 is 19.7 Å². The van der Waals surface area contributed by atoms with Crippen LogP contribution in [0.2, 0.25) is 0 Å². The molecule has 4 atom stereocenters. The number of hydrogen-bond acceptors (Lipinski definition) is 6. The predicted molar refractivity (Wildman–Crippen MR) is 105 cm³/mol. The molecule has 9 heteroatoms. The van der Waals surface area contributed by atoms with Crippen LogP contribution in [-0.2, 0) is 11.8 Å². The third kappa shape index (κ3) is 4.07. The van der Waals surface area contributed by atoms with E-state index in [-0.39, 0.29) is 12.5 Å². The van der Waals surface area contributed by atoms with Gasteiger partial charge >= 0.3 is 5.69 Å². The van der Waals surface area contributed by atoms with Crippen molar-refractivity contribution >= 4 is 0 Å². The lowest BCUT2D eigenvalue weighted by atomic mass is 10.1. The fourth-order valence-electron chi connectivity index (χ4n) is 3.62. The van der Waals surface area contributed by atoms with Gasteiger partial charge in [-0.05, 0) is 5.56 Å². The number of aliphatic hydroxyl groups is 1. The molecule has 0 saturated carbocycles. The molecule has 2 aromatic heterocycles. The van der Waals surface area contributed by atoms with Crippen molar-refractivity contribution in [3.63, 3.8) is 0 Å². The smallest absolute Gasteiger partial charge is 0.330 e. The van der Waals surface area contributed by atoms with E-state index in [1.54, 1.807) is 6.20 Å². The minimum absolute atomic E-state index is 0.179. The van der Waals surface area contributed by atoms with Gasteiger partial charge in [0.1, 0.15) is 12.1 Å². The maximum Gasteiger partial charge on any atom is 0.330 e. The van der Waals surface area contributed by atoms with Crippen LogP contribution in [0.5, 0.6) is 0 Å². The van der Waals surface area contributed by atoms with Gasteiger partial charge in [0, 0.05) is 44.7 Å². The van der Waals surface area contributed by atoms with E-state index in [0.29, 0.717) is 6.54 Å². The van der Waals surface area contributed by atoms with Gasteiger partial charge in [-0.3, -0.25) is 14.3 Å². The first-order valence-electron chi connectivity index (χ1n) is 9.43. The number of benzene rings is 1. The Bertz CT molecular complexity index is 1070. The number of aliphatic hydroxyl groups excluding tert-OH is 1. The summed E-state index contributed by atoms with van der Waals surface area (Å²) in [5.74, 6) is 0.845. The minimum Gasteiger partial charge on any atom is -0.390 e. The molecule has 0 aliphatic carbocycles. The molecule has 0 spiro atoms. The van der Waals surface area contributed by atoms with Crippen molar-refractivity contribution in [3.05, 3.63) is 87.2 Å². The molecule has 0 bridgehead atoms. The highest BCUT2D eigenvalue weighted by molar-refractivity contribution is 5.25. The number of aromatic amines is 1. The van der Waals surface area contributed by atoms with Gasteiger partial charge in [0.2, 0.25) is 0 Å². The summed E-state index contributed by atoms with van der Waals surface area (Å²) >= 11 is 0. The number of nitrogens with one attached hydrogen (secondary N) is 2. The summed E-state index contributed by atoms with van der Waals surface area (Å²) in [4.78, 5) is 29.9. The van der Waals surface area contributed by atoms with Crippen LogP contribution in [0.4, 0.5) is 0 Å². The number of imidazole rings is 1. The summed E-state index contributed by atoms with van der Waals surface area (Å²) in [5, 5.41) is 13.9. The molecule has 1 aliphatic rings. The van der Waals surface area contributed by atoms with E-state index in [4.69, 9.17) is 4.74 Å². The molecule has 3 N–H and O–H groups in total. The van der Waals surface area contributed by atoms with Gasteiger partial charge in [-0.25, -0.2) is 9.78 Å². The van der Waals surface area contributed by atoms with Crippen molar-refractivity contribution in [2.24, 2.45) is 7.05 Å². The molecule has 1 saturated heterocycles. The molecule has 1 unspecified atom stereocenters. The van der Waals surface area contributed by atoms with Crippen molar-refractivity contribution in [1.82, 2.24) is 24.4 Å². The minimum atomic E-state index is -0.746. The average molecular weight is 397 g/mol. The molecule has 29 heavy (non-hydrogen) atoms. The first-order valence-corrected chi connectivity index (χ1v) is 9.43. The zero-order valence-corrected chi connectivity index (χ0v) is 15.9. The molecule has 152 valence electrons.